The van der Waals surface area contributed by atoms with Gasteiger partial charge >= 0.3 is 12.1 Å². The molecule has 1 amide bonds. The molecule has 0 heterocycles. The Bertz CT molecular complexity index is 245. The van der Waals surface area contributed by atoms with Gasteiger partial charge in [0.1, 0.15) is 0 Å². The first-order valence-corrected chi connectivity index (χ1v) is 6.96. The molecule has 0 spiro atoms. The van der Waals surface area contributed by atoms with E-state index >= 15 is 0 Å². The molecule has 0 radical (unpaired) electrons. The molecule has 0 aromatic heterocycles. The minimum absolute atomic E-state index is 0.0133. The molecule has 0 aromatic rings. The number of amides is 1. The smallest absolute Gasteiger partial charge is 0.318 e. The van der Waals surface area contributed by atoms with Crippen LogP contribution in [-0.2, 0) is 13.8 Å². The maximum Gasteiger partial charge on any atom is 0.471 e. The standard InChI is InChI=1S/C10H19F3NO3P/c1-4-7-8-14(9(15)10(11,12)13)18(16-5-2)17-6-3/h4-8H2,1-3H3. The van der Waals surface area contributed by atoms with Crippen molar-refractivity contribution < 1.29 is 27.0 Å². The van der Waals surface area contributed by atoms with Gasteiger partial charge in [-0.25, -0.2) is 0 Å². The van der Waals surface area contributed by atoms with Crippen molar-refractivity contribution in [3.05, 3.63) is 0 Å². The summed E-state index contributed by atoms with van der Waals surface area (Å²) in [6.07, 6.45) is -3.74. The molecular formula is C10H19F3NO3P. The van der Waals surface area contributed by atoms with Crippen LogP contribution in [0.4, 0.5) is 13.2 Å². The monoisotopic (exact) mass is 289 g/mol. The quantitative estimate of drug-likeness (QED) is 0.642. The number of hydrogen-bond acceptors (Lipinski definition) is 3. The van der Waals surface area contributed by atoms with E-state index in [4.69, 9.17) is 9.05 Å². The summed E-state index contributed by atoms with van der Waals surface area (Å²) in [7, 11) is -1.98. The number of unbranched alkanes of at least 4 members (excludes halogenated alkanes) is 1. The lowest BCUT2D eigenvalue weighted by Crippen LogP contribution is -2.39. The number of hydrogen-bond donors (Lipinski definition) is 0. The van der Waals surface area contributed by atoms with E-state index in [1.54, 1.807) is 13.8 Å². The Kier molecular flexibility index (Phi) is 8.48. The average molecular weight is 289 g/mol. The summed E-state index contributed by atoms with van der Waals surface area (Å²) in [5.74, 6) is -1.90. The number of nitrogens with zero attached hydrogens (tertiary/aromatic N) is 1. The molecule has 18 heavy (non-hydrogen) atoms. The van der Waals surface area contributed by atoms with Crippen LogP contribution >= 0.6 is 8.53 Å². The van der Waals surface area contributed by atoms with Crippen LogP contribution in [0, 0.1) is 0 Å². The predicted octanol–water partition coefficient (Wildman–Crippen LogP) is 3.48. The first kappa shape index (κ1) is 17.6. The fraction of sp³-hybridized carbons (Fsp3) is 0.900. The first-order valence-electron chi connectivity index (χ1n) is 5.82. The topological polar surface area (TPSA) is 38.8 Å². The van der Waals surface area contributed by atoms with Gasteiger partial charge in [-0.15, -0.1) is 0 Å². The van der Waals surface area contributed by atoms with Crippen molar-refractivity contribution in [3.63, 3.8) is 0 Å². The largest absolute Gasteiger partial charge is 0.471 e. The molecule has 0 unspecified atom stereocenters. The van der Waals surface area contributed by atoms with Gasteiger partial charge in [-0.05, 0) is 20.3 Å². The van der Waals surface area contributed by atoms with Crippen molar-refractivity contribution in [2.75, 3.05) is 19.8 Å². The summed E-state index contributed by atoms with van der Waals surface area (Å²) in [5.41, 5.74) is 0. The maximum atomic E-state index is 12.5. The van der Waals surface area contributed by atoms with Gasteiger partial charge in [-0.2, -0.15) is 13.2 Å². The first-order chi connectivity index (χ1) is 8.38. The fourth-order valence-electron chi connectivity index (χ4n) is 1.11. The van der Waals surface area contributed by atoms with Gasteiger partial charge in [0.2, 0.25) is 0 Å². The van der Waals surface area contributed by atoms with E-state index in [1.165, 1.54) is 0 Å². The Balaban J connectivity index is 4.86. The molecule has 0 rings (SSSR count). The van der Waals surface area contributed by atoms with Gasteiger partial charge in [-0.1, -0.05) is 13.3 Å². The highest BCUT2D eigenvalue weighted by Crippen LogP contribution is 2.44. The van der Waals surface area contributed by atoms with Crippen molar-refractivity contribution in [1.82, 2.24) is 4.67 Å². The number of carbonyl (C=O) groups excluding carboxylic acids is 1. The third-order valence-electron chi connectivity index (χ3n) is 1.88. The van der Waals surface area contributed by atoms with E-state index in [1.807, 2.05) is 6.92 Å². The van der Waals surface area contributed by atoms with Crippen LogP contribution in [0.25, 0.3) is 0 Å². The van der Waals surface area contributed by atoms with E-state index in [9.17, 15) is 18.0 Å². The third kappa shape index (κ3) is 5.98. The fourth-order valence-corrected chi connectivity index (χ4v) is 2.47. The van der Waals surface area contributed by atoms with Crippen LogP contribution in [0.2, 0.25) is 0 Å². The van der Waals surface area contributed by atoms with E-state index < -0.39 is 20.6 Å². The molecule has 0 saturated heterocycles. The molecular weight excluding hydrogens is 270 g/mol. The van der Waals surface area contributed by atoms with Crippen molar-refractivity contribution >= 4 is 14.4 Å². The molecule has 4 nitrogen and oxygen atoms in total. The zero-order valence-corrected chi connectivity index (χ0v) is 11.7. The maximum absolute atomic E-state index is 12.5. The highest BCUT2D eigenvalue weighted by Gasteiger charge is 2.45. The molecule has 0 aromatic carbocycles. The Morgan fingerprint density at radius 3 is 2.00 bits per heavy atom. The van der Waals surface area contributed by atoms with E-state index in [0.717, 1.165) is 0 Å². The minimum Gasteiger partial charge on any atom is -0.318 e. The zero-order chi connectivity index (χ0) is 14.2. The molecule has 0 atom stereocenters. The van der Waals surface area contributed by atoms with Gasteiger partial charge in [0, 0.05) is 6.54 Å². The molecule has 0 aliphatic carbocycles. The van der Waals surface area contributed by atoms with Gasteiger partial charge in [-0.3, -0.25) is 9.46 Å². The number of carbonyl (C=O) groups is 1. The lowest BCUT2D eigenvalue weighted by Gasteiger charge is -2.29. The molecule has 108 valence electrons. The van der Waals surface area contributed by atoms with Crippen LogP contribution in [-0.4, -0.2) is 36.5 Å². The second kappa shape index (κ2) is 8.67. The summed E-state index contributed by atoms with van der Waals surface area (Å²) < 4.78 is 48.3. The lowest BCUT2D eigenvalue weighted by molar-refractivity contribution is -0.181. The second-order valence-electron chi connectivity index (χ2n) is 3.35. The highest BCUT2D eigenvalue weighted by molar-refractivity contribution is 7.45. The Morgan fingerprint density at radius 1 is 1.17 bits per heavy atom. The van der Waals surface area contributed by atoms with Crippen LogP contribution in [0.3, 0.4) is 0 Å². The number of halogens is 3. The highest BCUT2D eigenvalue weighted by atomic mass is 31.2. The summed E-state index contributed by atoms with van der Waals surface area (Å²) in [6.45, 7) is 5.49. The Morgan fingerprint density at radius 2 is 1.67 bits per heavy atom. The van der Waals surface area contributed by atoms with Gasteiger partial charge < -0.3 is 9.05 Å². The Hall–Kier alpha value is -0.390. The van der Waals surface area contributed by atoms with E-state index in [0.29, 0.717) is 17.5 Å². The van der Waals surface area contributed by atoms with Gasteiger partial charge in [0.05, 0.1) is 13.2 Å². The van der Waals surface area contributed by atoms with Crippen molar-refractivity contribution in [1.29, 1.82) is 0 Å². The average Bonchev–Trinajstić information content (AvgIpc) is 2.28. The van der Waals surface area contributed by atoms with Crippen molar-refractivity contribution in [3.8, 4) is 0 Å². The summed E-state index contributed by atoms with van der Waals surface area (Å²) in [6, 6.07) is 0. The Labute approximate surface area is 106 Å². The zero-order valence-electron chi connectivity index (χ0n) is 10.8. The summed E-state index contributed by atoms with van der Waals surface area (Å²) >= 11 is 0. The lowest BCUT2D eigenvalue weighted by atomic mass is 10.3. The minimum atomic E-state index is -4.90. The van der Waals surface area contributed by atoms with Crippen LogP contribution < -0.4 is 0 Å². The van der Waals surface area contributed by atoms with Crippen LogP contribution in [0.1, 0.15) is 33.6 Å². The summed E-state index contributed by atoms with van der Waals surface area (Å²) in [5, 5.41) is 0. The number of rotatable bonds is 8. The van der Waals surface area contributed by atoms with Gasteiger partial charge in [0.25, 0.3) is 8.53 Å². The molecule has 0 aliphatic rings. The normalized spacial score (nSPS) is 11.9. The van der Waals surface area contributed by atoms with Crippen molar-refractivity contribution in [2.45, 2.75) is 39.8 Å². The van der Waals surface area contributed by atoms with Crippen LogP contribution in [0.15, 0.2) is 0 Å². The van der Waals surface area contributed by atoms with Crippen LogP contribution in [0.5, 0.6) is 0 Å². The molecule has 8 heteroatoms. The molecule has 0 bridgehead atoms. The molecule has 0 N–H and O–H groups in total. The second-order valence-corrected chi connectivity index (χ2v) is 4.83. The predicted molar refractivity (Wildman–Crippen MR) is 62.8 cm³/mol. The molecule has 0 aliphatic heterocycles. The van der Waals surface area contributed by atoms with E-state index in [2.05, 4.69) is 0 Å². The molecule has 0 saturated carbocycles. The van der Waals surface area contributed by atoms with Gasteiger partial charge in [0.15, 0.2) is 0 Å². The van der Waals surface area contributed by atoms with Crippen molar-refractivity contribution in [2.24, 2.45) is 0 Å². The SMILES string of the molecule is CCCCN(C(=O)C(F)(F)F)P(OCC)OCC. The molecule has 0 fully saturated rings. The number of alkyl halides is 3. The third-order valence-corrected chi connectivity index (χ3v) is 3.61. The summed E-state index contributed by atoms with van der Waals surface area (Å²) in [4.78, 5) is 11.3. The van der Waals surface area contributed by atoms with E-state index in [-0.39, 0.29) is 19.8 Å².